The lowest BCUT2D eigenvalue weighted by Crippen LogP contribution is -2.07. The van der Waals surface area contributed by atoms with E-state index in [2.05, 4.69) is 25.9 Å². The number of benzene rings is 2. The second-order valence-electron chi connectivity index (χ2n) is 6.84. The zero-order valence-electron chi connectivity index (χ0n) is 17.0. The number of rotatable bonds is 9. The molecule has 31 heavy (non-hydrogen) atoms. The van der Waals surface area contributed by atoms with E-state index >= 15 is 0 Å². The average molecular weight is 418 g/mol. The number of hydrogen-bond donors (Lipinski definition) is 3. The largest absolute Gasteiger partial charge is 0.467 e. The zero-order chi connectivity index (χ0) is 21.6. The maximum atomic E-state index is 11.5. The Labute approximate surface area is 178 Å². The Hall–Kier alpha value is -4.14. The molecule has 0 atom stereocenters. The molecule has 2 aromatic heterocycles. The molecule has 0 unspecified atom stereocenters. The van der Waals surface area contributed by atoms with Crippen LogP contribution in [0.2, 0.25) is 0 Å². The molecule has 9 nitrogen and oxygen atoms in total. The van der Waals surface area contributed by atoms with Crippen molar-refractivity contribution in [1.29, 1.82) is 0 Å². The van der Waals surface area contributed by atoms with Crippen molar-refractivity contribution >= 4 is 33.8 Å². The number of nitrogens with one attached hydrogen (secondary N) is 3. The number of anilines is 3. The van der Waals surface area contributed by atoms with E-state index in [1.165, 1.54) is 12.4 Å². The highest BCUT2D eigenvalue weighted by Crippen LogP contribution is 2.32. The normalized spacial score (nSPS) is 10.7. The van der Waals surface area contributed by atoms with Crippen LogP contribution in [0.5, 0.6) is 0 Å². The standard InChI is InChI=1S/C22H22N6O3/c1-2-23-20-11-19-17(10-21(20)28(29)30)22(27-14-26-19)25-12-15-6-3-4-8-18(15)24-13-16-7-5-9-31-16/h3-11,14,23-24H,2,12-13H2,1H3,(H,25,26,27). The molecule has 0 saturated heterocycles. The maximum Gasteiger partial charge on any atom is 0.293 e. The first-order valence-corrected chi connectivity index (χ1v) is 9.90. The second kappa shape index (κ2) is 9.12. The van der Waals surface area contributed by atoms with Gasteiger partial charge in [0.25, 0.3) is 5.69 Å². The van der Waals surface area contributed by atoms with Crippen molar-refractivity contribution < 1.29 is 9.34 Å². The van der Waals surface area contributed by atoms with Crippen LogP contribution in [0.1, 0.15) is 18.2 Å². The highest BCUT2D eigenvalue weighted by Gasteiger charge is 2.17. The van der Waals surface area contributed by atoms with E-state index in [-0.39, 0.29) is 5.69 Å². The van der Waals surface area contributed by atoms with Crippen LogP contribution in [-0.4, -0.2) is 21.4 Å². The molecule has 2 heterocycles. The summed E-state index contributed by atoms with van der Waals surface area (Å²) in [6.07, 6.45) is 3.10. The number of para-hydroxylation sites is 1. The van der Waals surface area contributed by atoms with Gasteiger partial charge in [-0.15, -0.1) is 0 Å². The predicted molar refractivity (Wildman–Crippen MR) is 120 cm³/mol. The highest BCUT2D eigenvalue weighted by atomic mass is 16.6. The zero-order valence-corrected chi connectivity index (χ0v) is 17.0. The fourth-order valence-corrected chi connectivity index (χ4v) is 3.34. The first kappa shape index (κ1) is 20.1. The van der Waals surface area contributed by atoms with Gasteiger partial charge in [-0.3, -0.25) is 10.1 Å². The van der Waals surface area contributed by atoms with E-state index in [9.17, 15) is 10.1 Å². The summed E-state index contributed by atoms with van der Waals surface area (Å²) in [6.45, 7) is 3.51. The monoisotopic (exact) mass is 418 g/mol. The van der Waals surface area contributed by atoms with Gasteiger partial charge in [-0.05, 0) is 36.8 Å². The minimum absolute atomic E-state index is 0.00675. The van der Waals surface area contributed by atoms with Crippen molar-refractivity contribution in [3.63, 3.8) is 0 Å². The highest BCUT2D eigenvalue weighted by molar-refractivity contribution is 5.94. The first-order valence-electron chi connectivity index (χ1n) is 9.90. The number of nitrogens with zero attached hydrogens (tertiary/aromatic N) is 3. The van der Waals surface area contributed by atoms with Crippen LogP contribution < -0.4 is 16.0 Å². The molecule has 4 aromatic rings. The average Bonchev–Trinajstić information content (AvgIpc) is 3.30. The van der Waals surface area contributed by atoms with Gasteiger partial charge < -0.3 is 20.4 Å². The van der Waals surface area contributed by atoms with Gasteiger partial charge in [0.05, 0.1) is 23.2 Å². The van der Waals surface area contributed by atoms with E-state index in [0.717, 1.165) is 17.0 Å². The smallest absolute Gasteiger partial charge is 0.293 e. The number of fused-ring (bicyclic) bond motifs is 1. The van der Waals surface area contributed by atoms with Gasteiger partial charge in [0.2, 0.25) is 0 Å². The molecule has 0 aliphatic heterocycles. The lowest BCUT2D eigenvalue weighted by Gasteiger charge is -2.14. The number of aromatic nitrogens is 2. The number of nitro benzene ring substituents is 1. The van der Waals surface area contributed by atoms with E-state index in [1.807, 2.05) is 43.3 Å². The van der Waals surface area contributed by atoms with Gasteiger partial charge in [0.15, 0.2) is 0 Å². The molecule has 0 radical (unpaired) electrons. The maximum absolute atomic E-state index is 11.5. The van der Waals surface area contributed by atoms with Gasteiger partial charge >= 0.3 is 0 Å². The fraction of sp³-hybridized carbons (Fsp3) is 0.182. The molecule has 9 heteroatoms. The van der Waals surface area contributed by atoms with E-state index in [1.54, 1.807) is 12.3 Å². The Bertz CT molecular complexity index is 1190. The van der Waals surface area contributed by atoms with Crippen LogP contribution in [-0.2, 0) is 13.1 Å². The SMILES string of the molecule is CCNc1cc2ncnc(NCc3ccccc3NCc3ccco3)c2cc1[N+](=O)[O-]. The second-order valence-corrected chi connectivity index (χ2v) is 6.84. The number of hydrogen-bond acceptors (Lipinski definition) is 8. The Morgan fingerprint density at radius 1 is 1.00 bits per heavy atom. The molecule has 0 aliphatic carbocycles. The summed E-state index contributed by atoms with van der Waals surface area (Å²) in [5.41, 5.74) is 3.05. The summed E-state index contributed by atoms with van der Waals surface area (Å²) >= 11 is 0. The molecule has 0 bridgehead atoms. The van der Waals surface area contributed by atoms with Crippen LogP contribution in [0.3, 0.4) is 0 Å². The van der Waals surface area contributed by atoms with Crippen LogP contribution >= 0.6 is 0 Å². The Morgan fingerprint density at radius 3 is 2.65 bits per heavy atom. The molecule has 4 rings (SSSR count). The predicted octanol–water partition coefficient (Wildman–Crippen LogP) is 4.79. The van der Waals surface area contributed by atoms with Gasteiger partial charge in [-0.1, -0.05) is 18.2 Å². The van der Waals surface area contributed by atoms with Crippen molar-refractivity contribution in [2.24, 2.45) is 0 Å². The van der Waals surface area contributed by atoms with Crippen LogP contribution in [0.25, 0.3) is 10.9 Å². The van der Waals surface area contributed by atoms with Crippen molar-refractivity contribution in [2.75, 3.05) is 22.5 Å². The molecule has 0 amide bonds. The summed E-state index contributed by atoms with van der Waals surface area (Å²) < 4.78 is 5.37. The topological polar surface area (TPSA) is 118 Å². The first-order chi connectivity index (χ1) is 15.2. The van der Waals surface area contributed by atoms with Gasteiger partial charge in [0, 0.05) is 30.2 Å². The summed E-state index contributed by atoms with van der Waals surface area (Å²) in [5, 5.41) is 21.8. The van der Waals surface area contributed by atoms with Crippen molar-refractivity contribution in [3.05, 3.63) is 82.6 Å². The lowest BCUT2D eigenvalue weighted by molar-refractivity contribution is -0.383. The minimum Gasteiger partial charge on any atom is -0.467 e. The third kappa shape index (κ3) is 4.55. The Kier molecular flexibility index (Phi) is 5.93. The van der Waals surface area contributed by atoms with Gasteiger partial charge in [-0.25, -0.2) is 9.97 Å². The summed E-state index contributed by atoms with van der Waals surface area (Å²) in [4.78, 5) is 19.7. The van der Waals surface area contributed by atoms with Gasteiger partial charge in [0.1, 0.15) is 23.6 Å². The summed E-state index contributed by atoms with van der Waals surface area (Å²) in [5.74, 6) is 1.38. The van der Waals surface area contributed by atoms with Crippen molar-refractivity contribution in [2.45, 2.75) is 20.0 Å². The fourth-order valence-electron chi connectivity index (χ4n) is 3.34. The molecule has 0 saturated carbocycles. The quantitative estimate of drug-likeness (QED) is 0.262. The third-order valence-corrected chi connectivity index (χ3v) is 4.81. The summed E-state index contributed by atoms with van der Waals surface area (Å²) in [7, 11) is 0. The number of nitro groups is 1. The molecule has 2 aromatic carbocycles. The molecular weight excluding hydrogens is 396 g/mol. The Balaban J connectivity index is 1.58. The van der Waals surface area contributed by atoms with E-state index < -0.39 is 4.92 Å². The van der Waals surface area contributed by atoms with Gasteiger partial charge in [-0.2, -0.15) is 0 Å². The van der Waals surface area contributed by atoms with Crippen molar-refractivity contribution in [3.8, 4) is 0 Å². The molecule has 0 aliphatic rings. The lowest BCUT2D eigenvalue weighted by atomic mass is 10.1. The summed E-state index contributed by atoms with van der Waals surface area (Å²) in [6, 6.07) is 14.9. The van der Waals surface area contributed by atoms with E-state index in [0.29, 0.717) is 42.0 Å². The number of furan rings is 1. The Morgan fingerprint density at radius 2 is 1.87 bits per heavy atom. The molecular formula is C22H22N6O3. The third-order valence-electron chi connectivity index (χ3n) is 4.81. The molecule has 0 fully saturated rings. The van der Waals surface area contributed by atoms with Crippen molar-refractivity contribution in [1.82, 2.24) is 9.97 Å². The van der Waals surface area contributed by atoms with Crippen LogP contribution in [0.4, 0.5) is 22.9 Å². The molecule has 3 N–H and O–H groups in total. The van der Waals surface area contributed by atoms with Crippen LogP contribution in [0.15, 0.2) is 65.5 Å². The van der Waals surface area contributed by atoms with E-state index in [4.69, 9.17) is 4.42 Å². The molecule has 158 valence electrons. The molecule has 0 spiro atoms. The minimum atomic E-state index is -0.401. The van der Waals surface area contributed by atoms with Crippen LogP contribution in [0, 0.1) is 10.1 Å².